The molecule has 1 aromatic heterocycles. The number of para-hydroxylation sites is 1. The van der Waals surface area contributed by atoms with Crippen molar-refractivity contribution in [3.05, 3.63) is 54.1 Å². The van der Waals surface area contributed by atoms with E-state index >= 15 is 0 Å². The van der Waals surface area contributed by atoms with Crippen molar-refractivity contribution in [1.29, 1.82) is 5.26 Å². The highest BCUT2D eigenvalue weighted by atomic mass is 16.5. The van der Waals surface area contributed by atoms with Crippen LogP contribution in [0.5, 0.6) is 11.6 Å². The van der Waals surface area contributed by atoms with Crippen molar-refractivity contribution in [2.24, 2.45) is 16.1 Å². The van der Waals surface area contributed by atoms with E-state index < -0.39 is 5.91 Å². The molecule has 0 bridgehead atoms. The first-order chi connectivity index (χ1) is 13.5. The Labute approximate surface area is 162 Å². The van der Waals surface area contributed by atoms with Crippen molar-refractivity contribution in [1.82, 2.24) is 4.57 Å². The van der Waals surface area contributed by atoms with Gasteiger partial charge in [0.15, 0.2) is 12.3 Å². The van der Waals surface area contributed by atoms with Gasteiger partial charge in [0.1, 0.15) is 5.75 Å². The molecule has 0 radical (unpaired) electrons. The van der Waals surface area contributed by atoms with E-state index in [1.807, 2.05) is 30.3 Å². The standard InChI is InChI=1S/C21H20N4O3/c1-14(2)12-25-18-6-4-3-5-17(18)20(21(25)27)24-23-19(26)13-28-16-9-7-15(11-22)8-10-16/h3-10,14,27H,12-13H2,1-2H3. The Balaban J connectivity index is 1.76. The van der Waals surface area contributed by atoms with E-state index in [-0.39, 0.29) is 18.2 Å². The molecule has 1 amide bonds. The third kappa shape index (κ3) is 4.18. The van der Waals surface area contributed by atoms with Crippen LogP contribution in [-0.2, 0) is 11.3 Å². The Hall–Kier alpha value is -3.66. The number of aromatic hydroxyl groups is 1. The number of benzene rings is 2. The van der Waals surface area contributed by atoms with Crippen LogP contribution in [0.3, 0.4) is 0 Å². The van der Waals surface area contributed by atoms with E-state index in [9.17, 15) is 9.90 Å². The van der Waals surface area contributed by atoms with Crippen molar-refractivity contribution < 1.29 is 14.6 Å². The smallest absolute Gasteiger partial charge is 0.302 e. The average Bonchev–Trinajstić information content (AvgIpc) is 2.96. The van der Waals surface area contributed by atoms with Crippen LogP contribution in [0.1, 0.15) is 19.4 Å². The van der Waals surface area contributed by atoms with E-state index in [0.717, 1.165) is 10.9 Å². The van der Waals surface area contributed by atoms with Crippen LogP contribution in [0.4, 0.5) is 5.69 Å². The van der Waals surface area contributed by atoms with Gasteiger partial charge in [-0.25, -0.2) is 0 Å². The lowest BCUT2D eigenvalue weighted by Crippen LogP contribution is -2.07. The number of azo groups is 1. The third-order valence-corrected chi connectivity index (χ3v) is 4.07. The number of hydrogen-bond donors (Lipinski definition) is 1. The molecule has 0 saturated heterocycles. The number of nitrogens with zero attached hydrogens (tertiary/aromatic N) is 4. The zero-order valence-corrected chi connectivity index (χ0v) is 15.7. The van der Waals surface area contributed by atoms with Gasteiger partial charge in [0, 0.05) is 11.9 Å². The number of carbonyl (C=O) groups is 1. The molecule has 7 heteroatoms. The lowest BCUT2D eigenvalue weighted by Gasteiger charge is -2.09. The molecule has 0 saturated carbocycles. The summed E-state index contributed by atoms with van der Waals surface area (Å²) < 4.78 is 7.12. The molecular formula is C21H20N4O3. The van der Waals surface area contributed by atoms with Gasteiger partial charge in [-0.3, -0.25) is 4.79 Å². The highest BCUT2D eigenvalue weighted by Gasteiger charge is 2.17. The van der Waals surface area contributed by atoms with Crippen LogP contribution in [-0.4, -0.2) is 22.2 Å². The molecule has 2 aromatic carbocycles. The van der Waals surface area contributed by atoms with Gasteiger partial charge in [0.05, 0.1) is 17.1 Å². The molecule has 3 rings (SSSR count). The minimum absolute atomic E-state index is 0.0144. The van der Waals surface area contributed by atoms with Gasteiger partial charge in [-0.15, -0.1) is 10.2 Å². The maximum atomic E-state index is 12.0. The quantitative estimate of drug-likeness (QED) is 0.637. The van der Waals surface area contributed by atoms with Gasteiger partial charge in [0.2, 0.25) is 5.88 Å². The fraction of sp³-hybridized carbons (Fsp3) is 0.238. The van der Waals surface area contributed by atoms with Crippen molar-refractivity contribution in [3.63, 3.8) is 0 Å². The van der Waals surface area contributed by atoms with Gasteiger partial charge < -0.3 is 14.4 Å². The molecule has 1 N–H and O–H groups in total. The largest absolute Gasteiger partial charge is 0.493 e. The summed E-state index contributed by atoms with van der Waals surface area (Å²) in [6.45, 7) is 4.44. The van der Waals surface area contributed by atoms with Crippen LogP contribution >= 0.6 is 0 Å². The number of aromatic nitrogens is 1. The Morgan fingerprint density at radius 3 is 2.61 bits per heavy atom. The zero-order chi connectivity index (χ0) is 20.1. The maximum Gasteiger partial charge on any atom is 0.302 e. The monoisotopic (exact) mass is 376 g/mol. The number of carbonyl (C=O) groups excluding carboxylic acids is 1. The number of fused-ring (bicyclic) bond motifs is 1. The Morgan fingerprint density at radius 1 is 1.21 bits per heavy atom. The SMILES string of the molecule is CC(C)Cn1c(O)c(N=NC(=O)COc2ccc(C#N)cc2)c2ccccc21. The molecule has 0 unspecified atom stereocenters. The molecule has 0 aliphatic carbocycles. The van der Waals surface area contributed by atoms with Crippen LogP contribution in [0.15, 0.2) is 58.8 Å². The second-order valence-corrected chi connectivity index (χ2v) is 6.71. The van der Waals surface area contributed by atoms with Gasteiger partial charge >= 0.3 is 5.91 Å². The normalized spacial score (nSPS) is 11.2. The number of hydrogen-bond acceptors (Lipinski definition) is 5. The Kier molecular flexibility index (Phi) is 5.70. The van der Waals surface area contributed by atoms with Crippen molar-refractivity contribution in [2.75, 3.05) is 6.61 Å². The molecule has 0 spiro atoms. The second kappa shape index (κ2) is 8.35. The molecule has 3 aromatic rings. The molecule has 7 nitrogen and oxygen atoms in total. The van der Waals surface area contributed by atoms with Crippen molar-refractivity contribution in [2.45, 2.75) is 20.4 Å². The zero-order valence-electron chi connectivity index (χ0n) is 15.7. The van der Waals surface area contributed by atoms with Gasteiger partial charge in [-0.2, -0.15) is 5.26 Å². The number of ether oxygens (including phenoxy) is 1. The first kappa shape index (κ1) is 19.1. The summed E-state index contributed by atoms with van der Waals surface area (Å²) in [5.41, 5.74) is 1.61. The van der Waals surface area contributed by atoms with Crippen LogP contribution in [0, 0.1) is 17.2 Å². The van der Waals surface area contributed by atoms with Crippen molar-refractivity contribution >= 4 is 22.5 Å². The lowest BCUT2D eigenvalue weighted by molar-refractivity contribution is -0.120. The summed E-state index contributed by atoms with van der Waals surface area (Å²) in [6, 6.07) is 15.9. The van der Waals surface area contributed by atoms with E-state index in [1.54, 1.807) is 28.8 Å². The minimum Gasteiger partial charge on any atom is -0.493 e. The summed E-state index contributed by atoms with van der Waals surface area (Å²) in [4.78, 5) is 12.0. The van der Waals surface area contributed by atoms with E-state index in [0.29, 0.717) is 23.8 Å². The molecule has 0 atom stereocenters. The molecule has 0 aliphatic rings. The van der Waals surface area contributed by atoms with E-state index in [4.69, 9.17) is 10.00 Å². The molecule has 0 fully saturated rings. The van der Waals surface area contributed by atoms with Crippen LogP contribution in [0.25, 0.3) is 10.9 Å². The fourth-order valence-corrected chi connectivity index (χ4v) is 2.83. The molecule has 142 valence electrons. The Morgan fingerprint density at radius 2 is 1.93 bits per heavy atom. The minimum atomic E-state index is -0.579. The summed E-state index contributed by atoms with van der Waals surface area (Å²) in [7, 11) is 0. The van der Waals surface area contributed by atoms with E-state index in [2.05, 4.69) is 24.1 Å². The first-order valence-electron chi connectivity index (χ1n) is 8.87. The van der Waals surface area contributed by atoms with Crippen LogP contribution in [0.2, 0.25) is 0 Å². The predicted molar refractivity (Wildman–Crippen MR) is 105 cm³/mol. The lowest BCUT2D eigenvalue weighted by atomic mass is 10.2. The molecule has 1 heterocycles. The maximum absolute atomic E-state index is 12.0. The highest BCUT2D eigenvalue weighted by molar-refractivity contribution is 5.95. The Bertz CT molecular complexity index is 1060. The van der Waals surface area contributed by atoms with Crippen molar-refractivity contribution in [3.8, 4) is 17.7 Å². The van der Waals surface area contributed by atoms with Gasteiger partial charge in [-0.1, -0.05) is 32.0 Å². The topological polar surface area (TPSA) is 100.0 Å². The molecular weight excluding hydrogens is 356 g/mol. The highest BCUT2D eigenvalue weighted by Crippen LogP contribution is 2.39. The molecule has 28 heavy (non-hydrogen) atoms. The van der Waals surface area contributed by atoms with E-state index in [1.165, 1.54) is 0 Å². The van der Waals surface area contributed by atoms with Crippen LogP contribution < -0.4 is 4.74 Å². The summed E-state index contributed by atoms with van der Waals surface area (Å²) in [6.07, 6.45) is 0. The second-order valence-electron chi connectivity index (χ2n) is 6.71. The predicted octanol–water partition coefficient (Wildman–Crippen LogP) is 4.56. The third-order valence-electron chi connectivity index (χ3n) is 4.07. The first-order valence-corrected chi connectivity index (χ1v) is 8.87. The number of nitriles is 1. The molecule has 0 aliphatic heterocycles. The average molecular weight is 376 g/mol. The van der Waals surface area contributed by atoms with Gasteiger partial charge in [0.25, 0.3) is 0 Å². The van der Waals surface area contributed by atoms with Gasteiger partial charge in [-0.05, 0) is 36.2 Å². The fourth-order valence-electron chi connectivity index (χ4n) is 2.83. The number of amides is 1. The number of rotatable bonds is 6. The summed E-state index contributed by atoms with van der Waals surface area (Å²) in [5.74, 6) is 0.191. The summed E-state index contributed by atoms with van der Waals surface area (Å²) in [5, 5.41) is 27.7. The summed E-state index contributed by atoms with van der Waals surface area (Å²) >= 11 is 0.